The average molecular weight is 368 g/mol. The highest BCUT2D eigenvalue weighted by molar-refractivity contribution is 7.21. The second-order valence-electron chi connectivity index (χ2n) is 5.69. The normalized spacial score (nSPS) is 10.6. The SMILES string of the molecule is CC(C)Nc1sc(C(=O)c2ccc(-c3ccncc3)s2)c(N)c1C#N. The molecule has 25 heavy (non-hydrogen) atoms. The van der Waals surface area contributed by atoms with Gasteiger partial charge in [0.25, 0.3) is 0 Å². The fourth-order valence-corrected chi connectivity index (χ4v) is 4.52. The Morgan fingerprint density at radius 1 is 1.24 bits per heavy atom. The Balaban J connectivity index is 1.96. The number of thiophene rings is 2. The molecule has 0 saturated heterocycles. The van der Waals surface area contributed by atoms with Crippen LogP contribution in [0.15, 0.2) is 36.7 Å². The lowest BCUT2D eigenvalue weighted by molar-refractivity contribution is 0.104. The quantitative estimate of drug-likeness (QED) is 0.652. The summed E-state index contributed by atoms with van der Waals surface area (Å²) in [7, 11) is 0. The number of carbonyl (C=O) groups excluding carboxylic acids is 1. The van der Waals surface area contributed by atoms with Gasteiger partial charge in [0.05, 0.1) is 10.6 Å². The van der Waals surface area contributed by atoms with Crippen molar-refractivity contribution in [3.8, 4) is 16.5 Å². The van der Waals surface area contributed by atoms with Gasteiger partial charge in [-0.05, 0) is 43.7 Å². The van der Waals surface area contributed by atoms with Crippen molar-refractivity contribution in [3.05, 3.63) is 52.0 Å². The van der Waals surface area contributed by atoms with Gasteiger partial charge in [-0.25, -0.2) is 0 Å². The Labute approximate surface area is 153 Å². The van der Waals surface area contributed by atoms with E-state index in [4.69, 9.17) is 5.73 Å². The average Bonchev–Trinajstić information content (AvgIpc) is 3.20. The van der Waals surface area contributed by atoms with Crippen LogP contribution in [0.2, 0.25) is 0 Å². The van der Waals surface area contributed by atoms with E-state index in [-0.39, 0.29) is 17.5 Å². The molecule has 3 heterocycles. The number of anilines is 2. The number of aromatic nitrogens is 1. The van der Waals surface area contributed by atoms with Gasteiger partial charge in [0.1, 0.15) is 21.5 Å². The second kappa shape index (κ2) is 7.05. The molecule has 0 spiro atoms. The standard InChI is InChI=1S/C18H16N4OS2/c1-10(2)22-18-12(9-19)15(20)17(25-18)16(23)14-4-3-13(24-14)11-5-7-21-8-6-11/h3-8,10,22H,20H2,1-2H3. The first kappa shape index (κ1) is 17.1. The first-order valence-electron chi connectivity index (χ1n) is 7.65. The number of hydrogen-bond acceptors (Lipinski definition) is 7. The molecule has 0 amide bonds. The van der Waals surface area contributed by atoms with Crippen molar-refractivity contribution in [1.29, 1.82) is 5.26 Å². The van der Waals surface area contributed by atoms with Gasteiger partial charge in [-0.3, -0.25) is 9.78 Å². The van der Waals surface area contributed by atoms with E-state index in [9.17, 15) is 10.1 Å². The zero-order valence-electron chi connectivity index (χ0n) is 13.7. The minimum Gasteiger partial charge on any atom is -0.396 e. The monoisotopic (exact) mass is 368 g/mol. The topological polar surface area (TPSA) is 91.8 Å². The summed E-state index contributed by atoms with van der Waals surface area (Å²) in [5, 5.41) is 13.2. The van der Waals surface area contributed by atoms with Crippen LogP contribution < -0.4 is 11.1 Å². The Kier molecular flexibility index (Phi) is 4.83. The van der Waals surface area contributed by atoms with Crippen LogP contribution in [0.3, 0.4) is 0 Å². The van der Waals surface area contributed by atoms with Crippen molar-refractivity contribution in [2.24, 2.45) is 0 Å². The lowest BCUT2D eigenvalue weighted by atomic mass is 10.2. The number of nitrogens with two attached hydrogens (primary N) is 1. The predicted octanol–water partition coefficient (Wildman–Crippen LogP) is 4.38. The number of pyridine rings is 1. The highest BCUT2D eigenvalue weighted by Gasteiger charge is 2.23. The van der Waals surface area contributed by atoms with E-state index in [1.807, 2.05) is 32.0 Å². The van der Waals surface area contributed by atoms with E-state index in [1.165, 1.54) is 22.7 Å². The Hall–Kier alpha value is -2.69. The second-order valence-corrected chi connectivity index (χ2v) is 7.79. The maximum atomic E-state index is 12.9. The van der Waals surface area contributed by atoms with Crippen molar-refractivity contribution in [3.63, 3.8) is 0 Å². The number of carbonyl (C=O) groups is 1. The van der Waals surface area contributed by atoms with E-state index >= 15 is 0 Å². The summed E-state index contributed by atoms with van der Waals surface area (Å²) in [5.41, 5.74) is 7.67. The zero-order valence-corrected chi connectivity index (χ0v) is 15.4. The molecule has 0 bridgehead atoms. The largest absolute Gasteiger partial charge is 0.396 e. The highest BCUT2D eigenvalue weighted by Crippen LogP contribution is 2.38. The number of hydrogen-bond donors (Lipinski definition) is 2. The van der Waals surface area contributed by atoms with Crippen molar-refractivity contribution >= 4 is 39.1 Å². The summed E-state index contributed by atoms with van der Waals surface area (Å²) in [6.45, 7) is 3.94. The third-order valence-electron chi connectivity index (χ3n) is 3.48. The molecule has 5 nitrogen and oxygen atoms in total. The van der Waals surface area contributed by atoms with Crippen LogP contribution in [0.1, 0.15) is 34.0 Å². The molecule has 0 fully saturated rings. The molecule has 3 N–H and O–H groups in total. The Morgan fingerprint density at radius 2 is 1.96 bits per heavy atom. The van der Waals surface area contributed by atoms with Gasteiger partial charge in [-0.2, -0.15) is 5.26 Å². The molecule has 0 aromatic carbocycles. The van der Waals surface area contributed by atoms with Crippen molar-refractivity contribution in [1.82, 2.24) is 4.98 Å². The lowest BCUT2D eigenvalue weighted by Gasteiger charge is -2.06. The molecule has 0 radical (unpaired) electrons. The molecule has 0 aliphatic carbocycles. The number of nitrogens with one attached hydrogen (secondary N) is 1. The van der Waals surface area contributed by atoms with Crippen LogP contribution in [0.5, 0.6) is 0 Å². The van der Waals surface area contributed by atoms with Crippen LogP contribution in [0, 0.1) is 11.3 Å². The smallest absolute Gasteiger partial charge is 0.215 e. The molecule has 3 aromatic heterocycles. The molecule has 0 saturated carbocycles. The third-order valence-corrected chi connectivity index (χ3v) is 5.75. The third kappa shape index (κ3) is 3.40. The summed E-state index contributed by atoms with van der Waals surface area (Å²) >= 11 is 2.64. The summed E-state index contributed by atoms with van der Waals surface area (Å²) in [6.07, 6.45) is 3.44. The van der Waals surface area contributed by atoms with E-state index in [1.54, 1.807) is 18.5 Å². The Bertz CT molecular complexity index is 951. The number of nitrogens with zero attached hydrogens (tertiary/aromatic N) is 2. The molecule has 0 unspecified atom stereocenters. The van der Waals surface area contributed by atoms with Gasteiger partial charge in [-0.15, -0.1) is 22.7 Å². The lowest BCUT2D eigenvalue weighted by Crippen LogP contribution is -2.09. The molecule has 0 atom stereocenters. The molecule has 126 valence electrons. The van der Waals surface area contributed by atoms with Crippen molar-refractivity contribution in [2.75, 3.05) is 11.1 Å². The summed E-state index contributed by atoms with van der Waals surface area (Å²) < 4.78 is 0. The number of nitrogen functional groups attached to an aromatic ring is 1. The summed E-state index contributed by atoms with van der Waals surface area (Å²) in [4.78, 5) is 18.9. The maximum absolute atomic E-state index is 12.9. The molecular formula is C18H16N4OS2. The number of ketones is 1. The van der Waals surface area contributed by atoms with Gasteiger partial charge in [-0.1, -0.05) is 0 Å². The molecule has 0 aliphatic rings. The summed E-state index contributed by atoms with van der Waals surface area (Å²) in [5.74, 6) is -0.152. The number of nitriles is 1. The van der Waals surface area contributed by atoms with E-state index in [2.05, 4.69) is 16.4 Å². The van der Waals surface area contributed by atoms with Crippen LogP contribution in [-0.4, -0.2) is 16.8 Å². The Morgan fingerprint density at radius 3 is 2.60 bits per heavy atom. The fraction of sp³-hybridized carbons (Fsp3) is 0.167. The van der Waals surface area contributed by atoms with Crippen LogP contribution in [0.25, 0.3) is 10.4 Å². The minimum atomic E-state index is -0.152. The maximum Gasteiger partial charge on any atom is 0.215 e. The molecular weight excluding hydrogens is 352 g/mol. The van der Waals surface area contributed by atoms with Crippen LogP contribution in [-0.2, 0) is 0 Å². The van der Waals surface area contributed by atoms with Crippen LogP contribution in [0.4, 0.5) is 10.7 Å². The van der Waals surface area contributed by atoms with E-state index < -0.39 is 0 Å². The molecule has 0 aliphatic heterocycles. The van der Waals surface area contributed by atoms with Crippen LogP contribution >= 0.6 is 22.7 Å². The number of rotatable bonds is 5. The van der Waals surface area contributed by atoms with Gasteiger partial charge in [0.2, 0.25) is 5.78 Å². The van der Waals surface area contributed by atoms with Crippen molar-refractivity contribution in [2.45, 2.75) is 19.9 Å². The zero-order chi connectivity index (χ0) is 18.0. The van der Waals surface area contributed by atoms with E-state index in [0.29, 0.717) is 20.3 Å². The molecule has 7 heteroatoms. The van der Waals surface area contributed by atoms with Gasteiger partial charge >= 0.3 is 0 Å². The first-order chi connectivity index (χ1) is 12.0. The van der Waals surface area contributed by atoms with Gasteiger partial charge < -0.3 is 11.1 Å². The minimum absolute atomic E-state index is 0.146. The molecule has 3 rings (SSSR count). The van der Waals surface area contributed by atoms with Gasteiger partial charge in [0, 0.05) is 23.3 Å². The first-order valence-corrected chi connectivity index (χ1v) is 9.28. The highest BCUT2D eigenvalue weighted by atomic mass is 32.1. The predicted molar refractivity (Wildman–Crippen MR) is 103 cm³/mol. The summed E-state index contributed by atoms with van der Waals surface area (Å²) in [6, 6.07) is 9.75. The van der Waals surface area contributed by atoms with Crippen molar-refractivity contribution < 1.29 is 4.79 Å². The van der Waals surface area contributed by atoms with Gasteiger partial charge in [0.15, 0.2) is 0 Å². The molecule has 3 aromatic rings. The fourth-order valence-electron chi connectivity index (χ4n) is 2.33. The van der Waals surface area contributed by atoms with E-state index in [0.717, 1.165) is 10.4 Å².